The Balaban J connectivity index is 2.75. The smallest absolute Gasteiger partial charge is 0.0593 e. The predicted molar refractivity (Wildman–Crippen MR) is 47.6 cm³/mol. The summed E-state index contributed by atoms with van der Waals surface area (Å²) < 4.78 is 0. The van der Waals surface area contributed by atoms with Crippen molar-refractivity contribution in [2.24, 2.45) is 11.1 Å². The number of nitrogens with two attached hydrogens (primary N) is 1. The molecule has 0 amide bonds. The lowest BCUT2D eigenvalue weighted by atomic mass is 9.76. The second kappa shape index (κ2) is 3.32. The van der Waals surface area contributed by atoms with Gasteiger partial charge in [-0.15, -0.1) is 0 Å². The average Bonchev–Trinajstić information content (AvgIpc) is 2.32. The summed E-state index contributed by atoms with van der Waals surface area (Å²) >= 11 is 0. The molecule has 3 heteroatoms. The third kappa shape index (κ3) is 1.49. The third-order valence-electron chi connectivity index (χ3n) is 3.29. The van der Waals surface area contributed by atoms with Crippen molar-refractivity contribution in [3.8, 4) is 0 Å². The van der Waals surface area contributed by atoms with E-state index in [9.17, 15) is 10.2 Å². The normalized spacial score (nSPS) is 41.2. The summed E-state index contributed by atoms with van der Waals surface area (Å²) in [6.45, 7) is 3.48. The number of hydrogen-bond donors (Lipinski definition) is 3. The van der Waals surface area contributed by atoms with E-state index in [1.165, 1.54) is 0 Å². The van der Waals surface area contributed by atoms with Gasteiger partial charge in [-0.2, -0.15) is 0 Å². The van der Waals surface area contributed by atoms with Crippen molar-refractivity contribution in [1.82, 2.24) is 0 Å². The Kier molecular flexibility index (Phi) is 2.76. The van der Waals surface area contributed by atoms with Gasteiger partial charge in [0.05, 0.1) is 12.2 Å². The molecule has 12 heavy (non-hydrogen) atoms. The molecular formula is C9H19NO2. The van der Waals surface area contributed by atoms with Gasteiger partial charge in [0.2, 0.25) is 0 Å². The first kappa shape index (κ1) is 9.96. The zero-order chi connectivity index (χ0) is 9.35. The number of rotatable bonds is 2. The fraction of sp³-hybridized carbons (Fsp3) is 1.00. The van der Waals surface area contributed by atoms with Gasteiger partial charge in [0.15, 0.2) is 0 Å². The summed E-state index contributed by atoms with van der Waals surface area (Å²) in [6, 6.07) is 0.147. The molecule has 0 aromatic rings. The van der Waals surface area contributed by atoms with Gasteiger partial charge in [-0.1, -0.05) is 0 Å². The minimum atomic E-state index is -0.467. The lowest BCUT2D eigenvalue weighted by molar-refractivity contribution is -0.0504. The molecule has 1 aliphatic rings. The second-order valence-corrected chi connectivity index (χ2v) is 4.09. The van der Waals surface area contributed by atoms with E-state index < -0.39 is 12.2 Å². The predicted octanol–water partition coefficient (Wildman–Crippen LogP) is 0.246. The summed E-state index contributed by atoms with van der Waals surface area (Å²) in [5, 5.41) is 19.2. The highest BCUT2D eigenvalue weighted by molar-refractivity contribution is 4.97. The van der Waals surface area contributed by atoms with Crippen LogP contribution in [0.4, 0.5) is 0 Å². The molecule has 72 valence electrons. The van der Waals surface area contributed by atoms with Crippen molar-refractivity contribution >= 4 is 0 Å². The Hall–Kier alpha value is -0.120. The van der Waals surface area contributed by atoms with Crippen LogP contribution < -0.4 is 5.73 Å². The molecule has 0 aromatic heterocycles. The van der Waals surface area contributed by atoms with Crippen LogP contribution in [-0.2, 0) is 0 Å². The molecule has 0 spiro atoms. The van der Waals surface area contributed by atoms with Crippen LogP contribution in [0.15, 0.2) is 0 Å². The maximum atomic E-state index is 9.58. The molecule has 0 bridgehead atoms. The molecule has 3 unspecified atom stereocenters. The van der Waals surface area contributed by atoms with Crippen LogP contribution in [0.25, 0.3) is 0 Å². The van der Waals surface area contributed by atoms with E-state index in [2.05, 4.69) is 0 Å². The van der Waals surface area contributed by atoms with Gasteiger partial charge in [0.25, 0.3) is 0 Å². The van der Waals surface area contributed by atoms with Gasteiger partial charge in [0.1, 0.15) is 0 Å². The van der Waals surface area contributed by atoms with Gasteiger partial charge in [-0.3, -0.25) is 0 Å². The zero-order valence-electron chi connectivity index (χ0n) is 7.83. The largest absolute Gasteiger partial charge is 0.393 e. The van der Waals surface area contributed by atoms with Crippen LogP contribution in [-0.4, -0.2) is 28.5 Å². The van der Waals surface area contributed by atoms with E-state index in [0.29, 0.717) is 0 Å². The molecule has 3 atom stereocenters. The van der Waals surface area contributed by atoms with Crippen molar-refractivity contribution < 1.29 is 10.2 Å². The van der Waals surface area contributed by atoms with Crippen molar-refractivity contribution in [2.75, 3.05) is 0 Å². The topological polar surface area (TPSA) is 66.5 Å². The molecule has 1 fully saturated rings. The summed E-state index contributed by atoms with van der Waals surface area (Å²) in [7, 11) is 0. The zero-order valence-corrected chi connectivity index (χ0v) is 7.83. The van der Waals surface area contributed by atoms with E-state index in [0.717, 1.165) is 19.3 Å². The molecule has 1 aliphatic carbocycles. The number of aliphatic hydroxyl groups excluding tert-OH is 2. The van der Waals surface area contributed by atoms with Gasteiger partial charge in [0, 0.05) is 11.5 Å². The third-order valence-corrected chi connectivity index (χ3v) is 3.29. The second-order valence-electron chi connectivity index (χ2n) is 4.09. The van der Waals surface area contributed by atoms with Crippen LogP contribution >= 0.6 is 0 Å². The van der Waals surface area contributed by atoms with Crippen LogP contribution in [0.5, 0.6) is 0 Å². The van der Waals surface area contributed by atoms with E-state index >= 15 is 0 Å². The molecule has 3 nitrogen and oxygen atoms in total. The molecule has 0 heterocycles. The minimum Gasteiger partial charge on any atom is -0.393 e. The molecule has 4 N–H and O–H groups in total. The first-order valence-corrected chi connectivity index (χ1v) is 4.61. The Morgan fingerprint density at radius 1 is 1.33 bits per heavy atom. The summed E-state index contributed by atoms with van der Waals surface area (Å²) in [6.07, 6.45) is 1.55. The number of hydrogen-bond acceptors (Lipinski definition) is 3. The highest BCUT2D eigenvalue weighted by Crippen LogP contribution is 2.43. The fourth-order valence-electron chi connectivity index (χ4n) is 2.25. The summed E-state index contributed by atoms with van der Waals surface area (Å²) in [5.74, 6) is 0. The van der Waals surface area contributed by atoms with Crippen molar-refractivity contribution in [2.45, 2.75) is 51.4 Å². The maximum Gasteiger partial charge on any atom is 0.0593 e. The average molecular weight is 173 g/mol. The molecule has 0 aromatic carbocycles. The Morgan fingerprint density at radius 2 is 1.83 bits per heavy atom. The molecular weight excluding hydrogens is 154 g/mol. The van der Waals surface area contributed by atoms with Crippen molar-refractivity contribution in [3.63, 3.8) is 0 Å². The van der Waals surface area contributed by atoms with Crippen LogP contribution in [0, 0.1) is 5.41 Å². The molecule has 1 saturated carbocycles. The van der Waals surface area contributed by atoms with E-state index in [-0.39, 0.29) is 11.5 Å². The Labute approximate surface area is 73.6 Å². The molecule has 0 radical (unpaired) electrons. The highest BCUT2D eigenvalue weighted by Gasteiger charge is 2.45. The van der Waals surface area contributed by atoms with Gasteiger partial charge in [-0.25, -0.2) is 0 Å². The SMILES string of the molecule is CC(O)C1(C(C)O)CCC(N)C1. The summed E-state index contributed by atoms with van der Waals surface area (Å²) in [4.78, 5) is 0. The van der Waals surface area contributed by atoms with Crippen LogP contribution in [0.3, 0.4) is 0 Å². The minimum absolute atomic E-state index is 0.147. The van der Waals surface area contributed by atoms with Crippen LogP contribution in [0.2, 0.25) is 0 Å². The van der Waals surface area contributed by atoms with E-state index in [1.807, 2.05) is 0 Å². The molecule has 1 rings (SSSR count). The maximum absolute atomic E-state index is 9.58. The lowest BCUT2D eigenvalue weighted by Crippen LogP contribution is -2.41. The standard InChI is InChI=1S/C9H19NO2/c1-6(11)9(7(2)12)4-3-8(10)5-9/h6-8,11-12H,3-5,10H2,1-2H3. The van der Waals surface area contributed by atoms with Crippen molar-refractivity contribution in [1.29, 1.82) is 0 Å². The fourth-order valence-corrected chi connectivity index (χ4v) is 2.25. The van der Waals surface area contributed by atoms with Crippen LogP contribution in [0.1, 0.15) is 33.1 Å². The van der Waals surface area contributed by atoms with Crippen molar-refractivity contribution in [3.05, 3.63) is 0 Å². The number of aliphatic hydroxyl groups is 2. The highest BCUT2D eigenvalue weighted by atomic mass is 16.3. The monoisotopic (exact) mass is 173 g/mol. The van der Waals surface area contributed by atoms with Gasteiger partial charge in [-0.05, 0) is 33.1 Å². The lowest BCUT2D eigenvalue weighted by Gasteiger charge is -2.35. The first-order chi connectivity index (χ1) is 5.49. The Morgan fingerprint density at radius 3 is 2.00 bits per heavy atom. The summed E-state index contributed by atoms with van der Waals surface area (Å²) in [5.41, 5.74) is 5.42. The molecule has 0 aliphatic heterocycles. The quantitative estimate of drug-likeness (QED) is 0.560. The Bertz CT molecular complexity index is 149. The van der Waals surface area contributed by atoms with E-state index in [4.69, 9.17) is 5.73 Å². The van der Waals surface area contributed by atoms with E-state index in [1.54, 1.807) is 13.8 Å². The van der Waals surface area contributed by atoms with Gasteiger partial charge >= 0.3 is 0 Å². The van der Waals surface area contributed by atoms with Gasteiger partial charge < -0.3 is 15.9 Å². The molecule has 0 saturated heterocycles. The first-order valence-electron chi connectivity index (χ1n) is 4.61.